The van der Waals surface area contributed by atoms with Crippen molar-refractivity contribution in [3.8, 4) is 0 Å². The SMILES string of the molecule is c1ccc(C2=Nc3ccnn3C2)cc1. The minimum atomic E-state index is 0.784. The van der Waals surface area contributed by atoms with E-state index in [0.717, 1.165) is 18.1 Å². The first kappa shape index (κ1) is 7.50. The molecule has 68 valence electrons. The van der Waals surface area contributed by atoms with Gasteiger partial charge in [-0.05, 0) is 5.56 Å². The van der Waals surface area contributed by atoms with Crippen LogP contribution in [0.4, 0.5) is 5.82 Å². The highest BCUT2D eigenvalue weighted by Gasteiger charge is 2.14. The zero-order chi connectivity index (χ0) is 9.38. The maximum Gasteiger partial charge on any atom is 0.151 e. The number of hydrogen-bond donors (Lipinski definition) is 0. The highest BCUT2D eigenvalue weighted by atomic mass is 15.3. The van der Waals surface area contributed by atoms with E-state index in [0.29, 0.717) is 0 Å². The fourth-order valence-corrected chi connectivity index (χ4v) is 1.64. The molecule has 3 rings (SSSR count). The third kappa shape index (κ3) is 1.06. The minimum absolute atomic E-state index is 0.784. The van der Waals surface area contributed by atoms with Crippen LogP contribution in [-0.2, 0) is 6.54 Å². The van der Waals surface area contributed by atoms with Crippen molar-refractivity contribution < 1.29 is 0 Å². The van der Waals surface area contributed by atoms with Crippen molar-refractivity contribution in [2.45, 2.75) is 6.54 Å². The van der Waals surface area contributed by atoms with Crippen LogP contribution in [0, 0.1) is 0 Å². The van der Waals surface area contributed by atoms with E-state index in [-0.39, 0.29) is 0 Å². The molecule has 0 saturated carbocycles. The smallest absolute Gasteiger partial charge is 0.151 e. The molecular formula is C11H9N3. The number of nitrogens with zero attached hydrogens (tertiary/aromatic N) is 3. The average Bonchev–Trinajstić information content (AvgIpc) is 2.78. The summed E-state index contributed by atoms with van der Waals surface area (Å²) < 4.78 is 1.91. The molecule has 0 atom stereocenters. The predicted molar refractivity (Wildman–Crippen MR) is 54.9 cm³/mol. The highest BCUT2D eigenvalue weighted by Crippen LogP contribution is 2.20. The molecule has 1 aliphatic rings. The average molecular weight is 183 g/mol. The largest absolute Gasteiger partial charge is 0.242 e. The minimum Gasteiger partial charge on any atom is -0.242 e. The molecule has 2 aromatic rings. The van der Waals surface area contributed by atoms with E-state index in [4.69, 9.17) is 0 Å². The van der Waals surface area contributed by atoms with Gasteiger partial charge in [-0.2, -0.15) is 5.10 Å². The van der Waals surface area contributed by atoms with Crippen LogP contribution in [0.3, 0.4) is 0 Å². The molecule has 1 aromatic heterocycles. The van der Waals surface area contributed by atoms with E-state index in [1.165, 1.54) is 5.56 Å². The second-order valence-electron chi connectivity index (χ2n) is 3.27. The van der Waals surface area contributed by atoms with Gasteiger partial charge in [-0.3, -0.25) is 0 Å². The van der Waals surface area contributed by atoms with Crippen LogP contribution < -0.4 is 0 Å². The van der Waals surface area contributed by atoms with E-state index in [2.05, 4.69) is 22.2 Å². The lowest BCUT2D eigenvalue weighted by Crippen LogP contribution is -2.05. The fourth-order valence-electron chi connectivity index (χ4n) is 1.64. The lowest BCUT2D eigenvalue weighted by Gasteiger charge is -1.98. The summed E-state index contributed by atoms with van der Waals surface area (Å²) in [6.45, 7) is 0.784. The molecule has 0 unspecified atom stereocenters. The summed E-state index contributed by atoms with van der Waals surface area (Å²) in [6, 6.07) is 12.1. The fraction of sp³-hybridized carbons (Fsp3) is 0.0909. The summed E-state index contributed by atoms with van der Waals surface area (Å²) in [5.74, 6) is 0.948. The van der Waals surface area contributed by atoms with Crippen molar-refractivity contribution in [3.63, 3.8) is 0 Å². The maximum absolute atomic E-state index is 4.50. The summed E-state index contributed by atoms with van der Waals surface area (Å²) in [4.78, 5) is 4.50. The Morgan fingerprint density at radius 2 is 1.93 bits per heavy atom. The highest BCUT2D eigenvalue weighted by molar-refractivity contribution is 6.03. The Kier molecular flexibility index (Phi) is 1.50. The molecular weight excluding hydrogens is 174 g/mol. The van der Waals surface area contributed by atoms with E-state index in [1.54, 1.807) is 6.20 Å². The summed E-state index contributed by atoms with van der Waals surface area (Å²) in [5.41, 5.74) is 2.27. The standard InChI is InChI=1S/C11H9N3/c1-2-4-9(5-3-1)10-8-14-11(13-10)6-7-12-14/h1-7H,8H2. The van der Waals surface area contributed by atoms with Crippen molar-refractivity contribution in [2.75, 3.05) is 0 Å². The molecule has 0 radical (unpaired) electrons. The van der Waals surface area contributed by atoms with Gasteiger partial charge in [0.05, 0.1) is 18.5 Å². The van der Waals surface area contributed by atoms with Crippen LogP contribution in [0.25, 0.3) is 0 Å². The monoisotopic (exact) mass is 183 g/mol. The van der Waals surface area contributed by atoms with Crippen molar-refractivity contribution >= 4 is 11.5 Å². The van der Waals surface area contributed by atoms with Gasteiger partial charge in [-0.25, -0.2) is 9.67 Å². The van der Waals surface area contributed by atoms with Gasteiger partial charge in [0.15, 0.2) is 5.82 Å². The van der Waals surface area contributed by atoms with E-state index >= 15 is 0 Å². The molecule has 0 N–H and O–H groups in total. The number of fused-ring (bicyclic) bond motifs is 1. The van der Waals surface area contributed by atoms with Gasteiger partial charge < -0.3 is 0 Å². The number of benzene rings is 1. The van der Waals surface area contributed by atoms with Gasteiger partial charge in [-0.15, -0.1) is 0 Å². The Bertz CT molecular complexity index is 482. The first-order valence-electron chi connectivity index (χ1n) is 4.58. The Morgan fingerprint density at radius 1 is 1.07 bits per heavy atom. The molecule has 0 amide bonds. The van der Waals surface area contributed by atoms with Crippen molar-refractivity contribution in [3.05, 3.63) is 48.2 Å². The number of aliphatic imine (C=N–C) groups is 1. The van der Waals surface area contributed by atoms with Crippen molar-refractivity contribution in [1.29, 1.82) is 0 Å². The molecule has 0 aliphatic carbocycles. The molecule has 0 fully saturated rings. The van der Waals surface area contributed by atoms with Gasteiger partial charge in [0, 0.05) is 6.07 Å². The van der Waals surface area contributed by atoms with Crippen LogP contribution in [0.5, 0.6) is 0 Å². The van der Waals surface area contributed by atoms with E-state index < -0.39 is 0 Å². The Labute approximate surface area is 81.7 Å². The van der Waals surface area contributed by atoms with Crippen molar-refractivity contribution in [2.24, 2.45) is 4.99 Å². The number of rotatable bonds is 1. The molecule has 14 heavy (non-hydrogen) atoms. The first-order chi connectivity index (χ1) is 6.93. The van der Waals surface area contributed by atoms with Crippen molar-refractivity contribution in [1.82, 2.24) is 9.78 Å². The van der Waals surface area contributed by atoms with Gasteiger partial charge >= 0.3 is 0 Å². The lowest BCUT2D eigenvalue weighted by atomic mass is 10.1. The first-order valence-corrected chi connectivity index (χ1v) is 4.58. The zero-order valence-corrected chi connectivity index (χ0v) is 7.59. The normalized spacial score (nSPS) is 13.9. The molecule has 2 heterocycles. The van der Waals surface area contributed by atoms with Crippen LogP contribution in [0.15, 0.2) is 47.6 Å². The molecule has 0 spiro atoms. The maximum atomic E-state index is 4.50. The van der Waals surface area contributed by atoms with Crippen LogP contribution >= 0.6 is 0 Å². The molecule has 1 aromatic carbocycles. The van der Waals surface area contributed by atoms with Crippen LogP contribution in [-0.4, -0.2) is 15.5 Å². The molecule has 1 aliphatic heterocycles. The Morgan fingerprint density at radius 3 is 2.71 bits per heavy atom. The summed E-state index contributed by atoms with van der Waals surface area (Å²) in [6.07, 6.45) is 1.78. The quantitative estimate of drug-likeness (QED) is 0.665. The number of aromatic nitrogens is 2. The Hall–Kier alpha value is -1.90. The van der Waals surface area contributed by atoms with Gasteiger partial charge in [0.1, 0.15) is 0 Å². The van der Waals surface area contributed by atoms with Crippen LogP contribution in [0.2, 0.25) is 0 Å². The third-order valence-electron chi connectivity index (χ3n) is 2.35. The molecule has 3 heteroatoms. The van der Waals surface area contributed by atoms with Gasteiger partial charge in [0.2, 0.25) is 0 Å². The Balaban J connectivity index is 2.02. The second-order valence-corrected chi connectivity index (χ2v) is 3.27. The summed E-state index contributed by atoms with van der Waals surface area (Å²) in [7, 11) is 0. The topological polar surface area (TPSA) is 30.2 Å². The zero-order valence-electron chi connectivity index (χ0n) is 7.59. The van der Waals surface area contributed by atoms with Gasteiger partial charge in [0.25, 0.3) is 0 Å². The van der Waals surface area contributed by atoms with Crippen LogP contribution in [0.1, 0.15) is 5.56 Å². The van der Waals surface area contributed by atoms with Gasteiger partial charge in [-0.1, -0.05) is 30.3 Å². The molecule has 0 saturated heterocycles. The lowest BCUT2D eigenvalue weighted by molar-refractivity contribution is 0.752. The summed E-state index contributed by atoms with van der Waals surface area (Å²) in [5, 5.41) is 4.17. The molecule has 0 bridgehead atoms. The summed E-state index contributed by atoms with van der Waals surface area (Å²) >= 11 is 0. The predicted octanol–water partition coefficient (Wildman–Crippen LogP) is 2.02. The van der Waals surface area contributed by atoms with E-state index in [9.17, 15) is 0 Å². The number of hydrogen-bond acceptors (Lipinski definition) is 2. The molecule has 3 nitrogen and oxygen atoms in total. The third-order valence-corrected chi connectivity index (χ3v) is 2.35. The van der Waals surface area contributed by atoms with E-state index in [1.807, 2.05) is 28.9 Å². The second kappa shape index (κ2) is 2.80.